The van der Waals surface area contributed by atoms with E-state index in [0.717, 1.165) is 31.6 Å². The third kappa shape index (κ3) is 4.43. The smallest absolute Gasteiger partial charge is 0.241 e. The number of imidazole rings is 1. The lowest BCUT2D eigenvalue weighted by Crippen LogP contribution is -2.43. The third-order valence-corrected chi connectivity index (χ3v) is 3.41. The number of hydrogen-bond donors (Lipinski definition) is 2. The van der Waals surface area contributed by atoms with Gasteiger partial charge in [-0.2, -0.15) is 0 Å². The van der Waals surface area contributed by atoms with E-state index in [1.165, 1.54) is 0 Å². The molecule has 1 atom stereocenters. The minimum atomic E-state index is -0.0860. The number of carbonyl (C=O) groups is 1. The Bertz CT molecular complexity index is 567. The first kappa shape index (κ1) is 18.4. The van der Waals surface area contributed by atoms with Gasteiger partial charge in [-0.25, -0.2) is 9.97 Å². The molecule has 1 amide bonds. The van der Waals surface area contributed by atoms with E-state index in [4.69, 9.17) is 0 Å². The van der Waals surface area contributed by atoms with Crippen LogP contribution in [0.3, 0.4) is 0 Å². The molecule has 22 heavy (non-hydrogen) atoms. The van der Waals surface area contributed by atoms with Gasteiger partial charge in [-0.15, -0.1) is 24.8 Å². The van der Waals surface area contributed by atoms with E-state index in [9.17, 15) is 4.79 Å². The highest BCUT2D eigenvalue weighted by Crippen LogP contribution is 2.12. The van der Waals surface area contributed by atoms with Gasteiger partial charge in [0.1, 0.15) is 12.1 Å². The topological polar surface area (TPSA) is 71.8 Å². The zero-order valence-electron chi connectivity index (χ0n) is 11.9. The maximum atomic E-state index is 12.1. The van der Waals surface area contributed by atoms with Crippen molar-refractivity contribution < 1.29 is 4.79 Å². The molecule has 2 N–H and O–H groups in total. The van der Waals surface area contributed by atoms with Crippen LogP contribution in [0.2, 0.25) is 0 Å². The van der Waals surface area contributed by atoms with Crippen molar-refractivity contribution in [3.05, 3.63) is 37.1 Å². The first-order valence-corrected chi connectivity index (χ1v) is 6.81. The Morgan fingerprint density at radius 2 is 2.18 bits per heavy atom. The molecule has 1 aliphatic rings. The molecule has 1 aliphatic heterocycles. The molecule has 120 valence electrons. The highest BCUT2D eigenvalue weighted by Gasteiger charge is 2.20. The number of rotatable bonds is 3. The quantitative estimate of drug-likeness (QED) is 0.895. The fourth-order valence-electron chi connectivity index (χ4n) is 2.31. The standard InChI is InChI=1S/C14H17N5O.2ClH/c20-14(12-3-1-2-6-16-12)18-11-4-5-13(17-9-11)19-8-7-15-10-19;;/h4-5,7-10,12,16H,1-3,6H2,(H,18,20);2*1H/t12-;;/m1../s1. The molecule has 1 saturated heterocycles. The maximum Gasteiger partial charge on any atom is 0.241 e. The number of nitrogens with one attached hydrogen (secondary N) is 2. The summed E-state index contributed by atoms with van der Waals surface area (Å²) < 4.78 is 1.81. The summed E-state index contributed by atoms with van der Waals surface area (Å²) in [7, 11) is 0. The molecule has 1 fully saturated rings. The molecule has 3 rings (SSSR count). The largest absolute Gasteiger partial charge is 0.323 e. The van der Waals surface area contributed by atoms with Crippen LogP contribution in [-0.2, 0) is 4.79 Å². The molecule has 6 nitrogen and oxygen atoms in total. The summed E-state index contributed by atoms with van der Waals surface area (Å²) in [5.41, 5.74) is 0.714. The van der Waals surface area contributed by atoms with Crippen molar-refractivity contribution >= 4 is 36.4 Å². The maximum absolute atomic E-state index is 12.1. The summed E-state index contributed by atoms with van der Waals surface area (Å²) >= 11 is 0. The highest BCUT2D eigenvalue weighted by atomic mass is 35.5. The molecule has 0 aliphatic carbocycles. The Balaban J connectivity index is 0.00000121. The van der Waals surface area contributed by atoms with Crippen LogP contribution in [0, 0.1) is 0 Å². The van der Waals surface area contributed by atoms with Crippen LogP contribution < -0.4 is 10.6 Å². The summed E-state index contributed by atoms with van der Waals surface area (Å²) in [6, 6.07) is 3.62. The number of carbonyl (C=O) groups excluding carboxylic acids is 1. The third-order valence-electron chi connectivity index (χ3n) is 3.41. The molecule has 0 unspecified atom stereocenters. The fourth-order valence-corrected chi connectivity index (χ4v) is 2.31. The van der Waals surface area contributed by atoms with E-state index in [1.807, 2.05) is 22.9 Å². The van der Waals surface area contributed by atoms with Crippen LogP contribution in [0.25, 0.3) is 5.82 Å². The van der Waals surface area contributed by atoms with E-state index in [1.54, 1.807) is 18.7 Å². The van der Waals surface area contributed by atoms with Crippen LogP contribution in [0.1, 0.15) is 19.3 Å². The fraction of sp³-hybridized carbons (Fsp3) is 0.357. The van der Waals surface area contributed by atoms with Crippen LogP contribution in [0.5, 0.6) is 0 Å². The molecule has 2 aromatic heterocycles. The molecular formula is C14H19Cl2N5O. The van der Waals surface area contributed by atoms with Crippen LogP contribution in [0.4, 0.5) is 5.69 Å². The number of hydrogen-bond acceptors (Lipinski definition) is 4. The second-order valence-electron chi connectivity index (χ2n) is 4.87. The second kappa shape index (κ2) is 8.73. The van der Waals surface area contributed by atoms with Crippen molar-refractivity contribution in [1.29, 1.82) is 0 Å². The molecular weight excluding hydrogens is 325 g/mol. The minimum Gasteiger partial charge on any atom is -0.323 e. The summed E-state index contributed by atoms with van der Waals surface area (Å²) in [6.45, 7) is 0.913. The van der Waals surface area contributed by atoms with Gasteiger partial charge in [-0.3, -0.25) is 9.36 Å². The van der Waals surface area contributed by atoms with Gasteiger partial charge in [0.15, 0.2) is 0 Å². The van der Waals surface area contributed by atoms with Crippen molar-refractivity contribution in [2.45, 2.75) is 25.3 Å². The number of halogens is 2. The van der Waals surface area contributed by atoms with E-state index in [2.05, 4.69) is 20.6 Å². The van der Waals surface area contributed by atoms with Crippen molar-refractivity contribution in [1.82, 2.24) is 19.9 Å². The van der Waals surface area contributed by atoms with E-state index in [0.29, 0.717) is 5.69 Å². The lowest BCUT2D eigenvalue weighted by atomic mass is 10.0. The van der Waals surface area contributed by atoms with Gasteiger partial charge in [0, 0.05) is 12.4 Å². The molecule has 2 aromatic rings. The summed E-state index contributed by atoms with van der Waals surface area (Å²) in [5, 5.41) is 6.12. The number of anilines is 1. The molecule has 3 heterocycles. The number of nitrogens with zero attached hydrogens (tertiary/aromatic N) is 3. The van der Waals surface area contributed by atoms with Gasteiger partial charge < -0.3 is 10.6 Å². The number of amides is 1. The lowest BCUT2D eigenvalue weighted by Gasteiger charge is -2.22. The van der Waals surface area contributed by atoms with Gasteiger partial charge in [0.25, 0.3) is 0 Å². The first-order valence-electron chi connectivity index (χ1n) is 6.81. The molecule has 0 aromatic carbocycles. The molecule has 0 saturated carbocycles. The van der Waals surface area contributed by atoms with Gasteiger partial charge in [0.2, 0.25) is 5.91 Å². The van der Waals surface area contributed by atoms with Crippen LogP contribution >= 0.6 is 24.8 Å². The number of aromatic nitrogens is 3. The van der Waals surface area contributed by atoms with Crippen LogP contribution in [-0.4, -0.2) is 33.0 Å². The zero-order valence-corrected chi connectivity index (χ0v) is 13.6. The van der Waals surface area contributed by atoms with Crippen LogP contribution in [0.15, 0.2) is 37.1 Å². The monoisotopic (exact) mass is 343 g/mol. The molecule has 0 spiro atoms. The van der Waals surface area contributed by atoms with Gasteiger partial charge in [0.05, 0.1) is 17.9 Å². The SMILES string of the molecule is Cl.Cl.O=C(Nc1ccc(-n2ccnc2)nc1)[C@H]1CCCCN1. The molecule has 8 heteroatoms. The highest BCUT2D eigenvalue weighted by molar-refractivity contribution is 5.94. The summed E-state index contributed by atoms with van der Waals surface area (Å²) in [6.07, 6.45) is 10.0. The van der Waals surface area contributed by atoms with Crippen molar-refractivity contribution in [2.75, 3.05) is 11.9 Å². The normalized spacial score (nSPS) is 17.0. The average Bonchev–Trinajstić information content (AvgIpc) is 3.03. The Kier molecular flexibility index (Phi) is 7.31. The summed E-state index contributed by atoms with van der Waals surface area (Å²) in [4.78, 5) is 20.3. The van der Waals surface area contributed by atoms with Crippen molar-refractivity contribution in [3.63, 3.8) is 0 Å². The van der Waals surface area contributed by atoms with E-state index < -0.39 is 0 Å². The number of pyridine rings is 1. The van der Waals surface area contributed by atoms with Gasteiger partial charge >= 0.3 is 0 Å². The predicted molar refractivity (Wildman–Crippen MR) is 90.1 cm³/mol. The van der Waals surface area contributed by atoms with Gasteiger partial charge in [-0.05, 0) is 31.5 Å². The van der Waals surface area contributed by atoms with E-state index >= 15 is 0 Å². The summed E-state index contributed by atoms with van der Waals surface area (Å²) in [5.74, 6) is 0.790. The molecule has 0 radical (unpaired) electrons. The predicted octanol–water partition coefficient (Wildman–Crippen LogP) is 2.19. The first-order chi connectivity index (χ1) is 9.83. The second-order valence-corrected chi connectivity index (χ2v) is 4.87. The average molecular weight is 344 g/mol. The van der Waals surface area contributed by atoms with Crippen molar-refractivity contribution in [2.24, 2.45) is 0 Å². The van der Waals surface area contributed by atoms with Crippen molar-refractivity contribution in [3.8, 4) is 5.82 Å². The number of piperidine rings is 1. The van der Waals surface area contributed by atoms with E-state index in [-0.39, 0.29) is 36.8 Å². The Morgan fingerprint density at radius 3 is 2.77 bits per heavy atom. The molecule has 0 bridgehead atoms. The van der Waals surface area contributed by atoms with Gasteiger partial charge in [-0.1, -0.05) is 6.42 Å². The Morgan fingerprint density at radius 1 is 1.32 bits per heavy atom. The zero-order chi connectivity index (χ0) is 13.8. The lowest BCUT2D eigenvalue weighted by molar-refractivity contribution is -0.118. The minimum absolute atomic E-state index is 0. The Hall–Kier alpha value is -1.63. The Labute approximate surface area is 141 Å².